The maximum atomic E-state index is 12.8. The fraction of sp³-hybridized carbons (Fsp3) is 0. The van der Waals surface area contributed by atoms with Crippen LogP contribution in [0.15, 0.2) is 84.9 Å². The van der Waals surface area contributed by atoms with E-state index in [1.807, 2.05) is 66.7 Å². The van der Waals surface area contributed by atoms with Crippen molar-refractivity contribution in [3.05, 3.63) is 95.5 Å². The van der Waals surface area contributed by atoms with E-state index in [2.05, 4.69) is 15.5 Å². The predicted octanol–water partition coefficient (Wildman–Crippen LogP) is 5.48. The minimum atomic E-state index is -0.229. The summed E-state index contributed by atoms with van der Waals surface area (Å²) >= 11 is 6.39. The fourth-order valence-corrected chi connectivity index (χ4v) is 3.44. The summed E-state index contributed by atoms with van der Waals surface area (Å²) in [6.45, 7) is 0. The number of rotatable bonds is 3. The third kappa shape index (κ3) is 3.32. The predicted molar refractivity (Wildman–Crippen MR) is 116 cm³/mol. The topological polar surface area (TPSA) is 59.8 Å². The van der Waals surface area contributed by atoms with E-state index in [-0.39, 0.29) is 5.91 Å². The molecule has 140 valence electrons. The summed E-state index contributed by atoms with van der Waals surface area (Å²) in [5.41, 5.74) is 3.21. The third-order valence-electron chi connectivity index (χ3n) is 4.72. The highest BCUT2D eigenvalue weighted by Crippen LogP contribution is 2.28. The zero-order valence-corrected chi connectivity index (χ0v) is 16.0. The largest absolute Gasteiger partial charge is 0.321 e. The summed E-state index contributed by atoms with van der Waals surface area (Å²) in [4.78, 5) is 14.3. The Morgan fingerprint density at radius 1 is 0.793 bits per heavy atom. The van der Waals surface area contributed by atoms with Crippen LogP contribution in [0.1, 0.15) is 10.4 Å². The van der Waals surface area contributed by atoms with E-state index >= 15 is 0 Å². The first-order chi connectivity index (χ1) is 14.2. The van der Waals surface area contributed by atoms with Crippen molar-refractivity contribution < 1.29 is 4.79 Å². The molecule has 0 bridgehead atoms. The molecule has 0 aliphatic rings. The molecule has 0 saturated heterocycles. The quantitative estimate of drug-likeness (QED) is 0.437. The smallest absolute Gasteiger partial charge is 0.255 e. The van der Waals surface area contributed by atoms with E-state index in [0.717, 1.165) is 16.5 Å². The Labute approximate surface area is 171 Å². The van der Waals surface area contributed by atoms with Gasteiger partial charge in [0.25, 0.3) is 5.91 Å². The van der Waals surface area contributed by atoms with Crippen LogP contribution in [-0.2, 0) is 0 Å². The number of anilines is 1. The average molecular weight is 399 g/mol. The molecule has 0 atom stereocenters. The van der Waals surface area contributed by atoms with E-state index < -0.39 is 0 Å². The molecule has 29 heavy (non-hydrogen) atoms. The number of amides is 1. The summed E-state index contributed by atoms with van der Waals surface area (Å²) in [5.74, 6) is -0.229. The number of nitrogens with one attached hydrogen (secondary N) is 1. The number of hydrogen-bond donors (Lipinski definition) is 1. The molecule has 5 aromatic rings. The molecule has 0 fully saturated rings. The van der Waals surface area contributed by atoms with Crippen molar-refractivity contribution in [1.29, 1.82) is 0 Å². The van der Waals surface area contributed by atoms with E-state index in [1.54, 1.807) is 23.0 Å². The van der Waals surface area contributed by atoms with Gasteiger partial charge in [-0.1, -0.05) is 60.1 Å². The maximum absolute atomic E-state index is 12.8. The monoisotopic (exact) mass is 398 g/mol. The highest BCUT2D eigenvalue weighted by molar-refractivity contribution is 6.34. The normalized spacial score (nSPS) is 11.1. The Morgan fingerprint density at radius 2 is 1.48 bits per heavy atom. The van der Waals surface area contributed by atoms with Crippen LogP contribution in [0.3, 0.4) is 0 Å². The first-order valence-electron chi connectivity index (χ1n) is 9.09. The lowest BCUT2D eigenvalue weighted by Crippen LogP contribution is -2.12. The van der Waals surface area contributed by atoms with Gasteiger partial charge >= 0.3 is 0 Å². The lowest BCUT2D eigenvalue weighted by molar-refractivity contribution is 0.102. The molecular weight excluding hydrogens is 384 g/mol. The van der Waals surface area contributed by atoms with Crippen LogP contribution in [0.25, 0.3) is 27.5 Å². The summed E-state index contributed by atoms with van der Waals surface area (Å²) in [6.07, 6.45) is 0. The summed E-state index contributed by atoms with van der Waals surface area (Å²) in [7, 11) is 0. The number of benzene rings is 4. The number of hydrogen-bond acceptors (Lipinski definition) is 3. The molecule has 0 aliphatic heterocycles. The number of nitrogens with zero attached hydrogens (tertiary/aromatic N) is 3. The molecule has 4 aromatic carbocycles. The first kappa shape index (κ1) is 17.4. The second-order valence-corrected chi connectivity index (χ2v) is 7.07. The van der Waals surface area contributed by atoms with Crippen molar-refractivity contribution in [2.24, 2.45) is 0 Å². The van der Waals surface area contributed by atoms with Gasteiger partial charge in [0.2, 0.25) is 0 Å². The number of carbonyl (C=O) groups is 1. The average Bonchev–Trinajstić information content (AvgIpc) is 3.17. The highest BCUT2D eigenvalue weighted by atomic mass is 35.5. The van der Waals surface area contributed by atoms with E-state index in [1.165, 1.54) is 0 Å². The minimum absolute atomic E-state index is 0.229. The van der Waals surface area contributed by atoms with Crippen molar-refractivity contribution in [2.45, 2.75) is 0 Å². The number of carbonyl (C=O) groups excluding carboxylic acids is 1. The van der Waals surface area contributed by atoms with Gasteiger partial charge in [0.15, 0.2) is 0 Å². The molecule has 0 saturated carbocycles. The Kier molecular flexibility index (Phi) is 4.22. The van der Waals surface area contributed by atoms with Gasteiger partial charge in [0.05, 0.1) is 16.4 Å². The molecule has 1 N–H and O–H groups in total. The SMILES string of the molecule is O=C(Nc1cc2nn(-c3ccccc3)nc2cc1Cl)c1ccc2ccccc2c1. The van der Waals surface area contributed by atoms with Gasteiger partial charge in [-0.15, -0.1) is 10.2 Å². The molecule has 0 aliphatic carbocycles. The van der Waals surface area contributed by atoms with Crippen LogP contribution in [0.5, 0.6) is 0 Å². The zero-order valence-electron chi connectivity index (χ0n) is 15.2. The van der Waals surface area contributed by atoms with Gasteiger partial charge in [-0.2, -0.15) is 4.80 Å². The number of aromatic nitrogens is 3. The fourth-order valence-electron chi connectivity index (χ4n) is 3.24. The Balaban J connectivity index is 1.47. The van der Waals surface area contributed by atoms with Gasteiger partial charge in [-0.25, -0.2) is 0 Å². The minimum Gasteiger partial charge on any atom is -0.321 e. The third-order valence-corrected chi connectivity index (χ3v) is 5.03. The summed E-state index contributed by atoms with van der Waals surface area (Å²) in [6, 6.07) is 26.6. The standard InChI is InChI=1S/C23H15ClN4O/c24-19-13-21-22(27-28(26-21)18-8-2-1-3-9-18)14-20(19)25-23(29)17-11-10-15-6-4-5-7-16(15)12-17/h1-14H,(H,25,29). The van der Waals surface area contributed by atoms with Crippen LogP contribution in [0.4, 0.5) is 5.69 Å². The second-order valence-electron chi connectivity index (χ2n) is 6.66. The molecule has 0 unspecified atom stereocenters. The van der Waals surface area contributed by atoms with Crippen LogP contribution in [0, 0.1) is 0 Å². The molecule has 1 heterocycles. The second kappa shape index (κ2) is 7.04. The van der Waals surface area contributed by atoms with Gasteiger partial charge in [0, 0.05) is 5.56 Å². The van der Waals surface area contributed by atoms with Gasteiger partial charge in [-0.3, -0.25) is 4.79 Å². The molecule has 0 spiro atoms. The van der Waals surface area contributed by atoms with Crippen molar-refractivity contribution >= 4 is 45.0 Å². The Hall–Kier alpha value is -3.70. The van der Waals surface area contributed by atoms with Crippen LogP contribution >= 0.6 is 11.6 Å². The molecule has 1 amide bonds. The van der Waals surface area contributed by atoms with E-state index in [9.17, 15) is 4.79 Å². The van der Waals surface area contributed by atoms with Crippen molar-refractivity contribution in [2.75, 3.05) is 5.32 Å². The van der Waals surface area contributed by atoms with Gasteiger partial charge < -0.3 is 5.32 Å². The highest BCUT2D eigenvalue weighted by Gasteiger charge is 2.13. The molecule has 5 rings (SSSR count). The Bertz CT molecular complexity index is 1360. The first-order valence-corrected chi connectivity index (χ1v) is 9.47. The molecule has 5 nitrogen and oxygen atoms in total. The zero-order chi connectivity index (χ0) is 19.8. The molecular formula is C23H15ClN4O. The van der Waals surface area contributed by atoms with Crippen LogP contribution < -0.4 is 5.32 Å². The lowest BCUT2D eigenvalue weighted by atomic mass is 10.1. The molecule has 0 radical (unpaired) electrons. The lowest BCUT2D eigenvalue weighted by Gasteiger charge is -2.08. The van der Waals surface area contributed by atoms with Crippen molar-refractivity contribution in [1.82, 2.24) is 15.0 Å². The van der Waals surface area contributed by atoms with Crippen molar-refractivity contribution in [3.63, 3.8) is 0 Å². The molecule has 1 aromatic heterocycles. The Morgan fingerprint density at radius 3 is 2.28 bits per heavy atom. The summed E-state index contributed by atoms with van der Waals surface area (Å²) < 4.78 is 0. The van der Waals surface area contributed by atoms with E-state index in [4.69, 9.17) is 11.6 Å². The molecule has 6 heteroatoms. The number of para-hydroxylation sites is 1. The van der Waals surface area contributed by atoms with Crippen molar-refractivity contribution in [3.8, 4) is 5.69 Å². The number of fused-ring (bicyclic) bond motifs is 2. The van der Waals surface area contributed by atoms with Gasteiger partial charge in [-0.05, 0) is 47.2 Å². The van der Waals surface area contributed by atoms with Gasteiger partial charge in [0.1, 0.15) is 11.0 Å². The summed E-state index contributed by atoms with van der Waals surface area (Å²) in [5, 5.41) is 14.4. The maximum Gasteiger partial charge on any atom is 0.255 e. The number of halogens is 1. The van der Waals surface area contributed by atoms with E-state index in [0.29, 0.717) is 27.3 Å². The van der Waals surface area contributed by atoms with Crippen LogP contribution in [-0.4, -0.2) is 20.9 Å². The van der Waals surface area contributed by atoms with Crippen LogP contribution in [0.2, 0.25) is 5.02 Å².